The molecule has 0 spiro atoms. The number of rotatable bonds is 5. The molecule has 0 aliphatic heterocycles. The largest absolute Gasteiger partial charge is 0.310 e. The van der Waals surface area contributed by atoms with E-state index in [1.54, 1.807) is 6.07 Å². The Bertz CT molecular complexity index is 431. The van der Waals surface area contributed by atoms with Gasteiger partial charge in [-0.25, -0.2) is 4.39 Å². The van der Waals surface area contributed by atoms with Crippen LogP contribution in [0.5, 0.6) is 0 Å². The molecule has 1 N–H and O–H groups in total. The molecular weight excluding hydrogens is 249 g/mol. The van der Waals surface area contributed by atoms with Crippen molar-refractivity contribution in [2.75, 3.05) is 6.54 Å². The van der Waals surface area contributed by atoms with Crippen molar-refractivity contribution in [2.45, 2.75) is 39.7 Å². The first-order valence-electron chi connectivity index (χ1n) is 6.64. The van der Waals surface area contributed by atoms with Crippen molar-refractivity contribution in [3.8, 4) is 0 Å². The molecule has 3 heteroatoms. The van der Waals surface area contributed by atoms with E-state index in [2.05, 4.69) is 26.1 Å². The van der Waals surface area contributed by atoms with Gasteiger partial charge in [-0.15, -0.1) is 0 Å². The second-order valence-corrected chi connectivity index (χ2v) is 6.33. The zero-order valence-corrected chi connectivity index (χ0v) is 12.0. The second-order valence-electron chi connectivity index (χ2n) is 5.90. The van der Waals surface area contributed by atoms with Crippen LogP contribution in [0.2, 0.25) is 5.02 Å². The third kappa shape index (κ3) is 2.86. The summed E-state index contributed by atoms with van der Waals surface area (Å²) in [6.45, 7) is 7.53. The molecule has 1 aromatic rings. The van der Waals surface area contributed by atoms with Gasteiger partial charge in [-0.1, -0.05) is 38.4 Å². The molecule has 2 unspecified atom stereocenters. The highest BCUT2D eigenvalue weighted by Crippen LogP contribution is 2.58. The van der Waals surface area contributed by atoms with E-state index in [0.717, 1.165) is 24.9 Å². The minimum absolute atomic E-state index is 0.109. The van der Waals surface area contributed by atoms with Crippen LogP contribution in [0.25, 0.3) is 0 Å². The van der Waals surface area contributed by atoms with Crippen molar-refractivity contribution in [2.24, 2.45) is 11.3 Å². The quantitative estimate of drug-likeness (QED) is 0.826. The third-order valence-electron chi connectivity index (χ3n) is 3.90. The van der Waals surface area contributed by atoms with Gasteiger partial charge in [0.25, 0.3) is 0 Å². The topological polar surface area (TPSA) is 12.0 Å². The third-order valence-corrected chi connectivity index (χ3v) is 4.14. The standard InChI is InChI=1S/C15H21ClFN/c1-4-7-18-14(12-9-15(12,2)3)11-6-5-10(16)8-13(11)17/h5-6,8,12,14,18H,4,7,9H2,1-3H3. The van der Waals surface area contributed by atoms with Crippen LogP contribution in [0.1, 0.15) is 45.2 Å². The van der Waals surface area contributed by atoms with Crippen molar-refractivity contribution in [1.82, 2.24) is 5.32 Å². The van der Waals surface area contributed by atoms with E-state index < -0.39 is 0 Å². The molecule has 1 nitrogen and oxygen atoms in total. The lowest BCUT2D eigenvalue weighted by atomic mass is 9.96. The van der Waals surface area contributed by atoms with Gasteiger partial charge < -0.3 is 5.32 Å². The summed E-state index contributed by atoms with van der Waals surface area (Å²) in [6.07, 6.45) is 2.20. The molecule has 2 atom stereocenters. The highest BCUT2D eigenvalue weighted by atomic mass is 35.5. The maximum absolute atomic E-state index is 14.0. The summed E-state index contributed by atoms with van der Waals surface area (Å²) in [5.74, 6) is 0.318. The van der Waals surface area contributed by atoms with Crippen molar-refractivity contribution in [3.05, 3.63) is 34.6 Å². The van der Waals surface area contributed by atoms with Crippen molar-refractivity contribution in [3.63, 3.8) is 0 Å². The van der Waals surface area contributed by atoms with E-state index in [1.807, 2.05) is 6.07 Å². The van der Waals surface area contributed by atoms with Gasteiger partial charge in [0, 0.05) is 16.6 Å². The first-order valence-corrected chi connectivity index (χ1v) is 7.02. The van der Waals surface area contributed by atoms with Crippen LogP contribution in [0.4, 0.5) is 4.39 Å². The molecule has 1 saturated carbocycles. The fraction of sp³-hybridized carbons (Fsp3) is 0.600. The summed E-state index contributed by atoms with van der Waals surface area (Å²) in [5, 5.41) is 3.94. The second kappa shape index (κ2) is 5.18. The lowest BCUT2D eigenvalue weighted by Crippen LogP contribution is -2.26. The Morgan fingerprint density at radius 3 is 2.67 bits per heavy atom. The predicted octanol–water partition coefficient (Wildman–Crippen LogP) is 4.57. The molecule has 0 bridgehead atoms. The molecule has 0 amide bonds. The number of hydrogen-bond acceptors (Lipinski definition) is 1. The maximum atomic E-state index is 14.0. The molecular formula is C15H21ClFN. The Hall–Kier alpha value is -0.600. The highest BCUT2D eigenvalue weighted by molar-refractivity contribution is 6.30. The maximum Gasteiger partial charge on any atom is 0.129 e. The van der Waals surface area contributed by atoms with Gasteiger partial charge in [0.1, 0.15) is 5.82 Å². The molecule has 1 aliphatic rings. The number of halogens is 2. The van der Waals surface area contributed by atoms with Crippen LogP contribution in [0, 0.1) is 17.2 Å². The first-order chi connectivity index (χ1) is 8.45. The van der Waals surface area contributed by atoms with Crippen molar-refractivity contribution in [1.29, 1.82) is 0 Å². The predicted molar refractivity (Wildman–Crippen MR) is 74.3 cm³/mol. The molecule has 100 valence electrons. The van der Waals surface area contributed by atoms with E-state index >= 15 is 0 Å². The Morgan fingerprint density at radius 2 is 2.17 bits per heavy atom. The van der Waals surface area contributed by atoms with Gasteiger partial charge in [0.15, 0.2) is 0 Å². The van der Waals surface area contributed by atoms with E-state index in [9.17, 15) is 4.39 Å². The van der Waals surface area contributed by atoms with Crippen LogP contribution in [0.3, 0.4) is 0 Å². The number of hydrogen-bond donors (Lipinski definition) is 1. The van der Waals surface area contributed by atoms with Crippen LogP contribution in [0.15, 0.2) is 18.2 Å². The lowest BCUT2D eigenvalue weighted by Gasteiger charge is -2.21. The average Bonchev–Trinajstić information content (AvgIpc) is 2.91. The zero-order valence-electron chi connectivity index (χ0n) is 11.3. The first kappa shape index (κ1) is 13.8. The minimum atomic E-state index is -0.196. The summed E-state index contributed by atoms with van der Waals surface area (Å²) >= 11 is 5.82. The monoisotopic (exact) mass is 269 g/mol. The Morgan fingerprint density at radius 1 is 1.50 bits per heavy atom. The Balaban J connectivity index is 2.23. The average molecular weight is 270 g/mol. The molecule has 18 heavy (non-hydrogen) atoms. The Kier molecular flexibility index (Phi) is 3.98. The molecule has 2 rings (SSSR count). The van der Waals surface area contributed by atoms with E-state index in [4.69, 9.17) is 11.6 Å². The van der Waals surface area contributed by atoms with Crippen LogP contribution < -0.4 is 5.32 Å². The molecule has 0 heterocycles. The summed E-state index contributed by atoms with van der Waals surface area (Å²) < 4.78 is 14.0. The zero-order chi connectivity index (χ0) is 13.3. The van der Waals surface area contributed by atoms with E-state index in [0.29, 0.717) is 16.4 Å². The normalized spacial score (nSPS) is 22.8. The molecule has 0 aromatic heterocycles. The number of nitrogens with one attached hydrogen (secondary N) is 1. The van der Waals surface area contributed by atoms with Gasteiger partial charge in [-0.2, -0.15) is 0 Å². The molecule has 0 saturated heterocycles. The summed E-state index contributed by atoms with van der Waals surface area (Å²) in [5.41, 5.74) is 1.07. The minimum Gasteiger partial charge on any atom is -0.310 e. The van der Waals surface area contributed by atoms with Crippen LogP contribution in [-0.2, 0) is 0 Å². The lowest BCUT2D eigenvalue weighted by molar-refractivity contribution is 0.403. The fourth-order valence-corrected chi connectivity index (χ4v) is 2.76. The molecule has 0 radical (unpaired) electrons. The van der Waals surface area contributed by atoms with Crippen LogP contribution in [-0.4, -0.2) is 6.54 Å². The van der Waals surface area contributed by atoms with Crippen molar-refractivity contribution < 1.29 is 4.39 Å². The van der Waals surface area contributed by atoms with Crippen molar-refractivity contribution >= 4 is 11.6 Å². The van der Waals surface area contributed by atoms with Gasteiger partial charge in [0.2, 0.25) is 0 Å². The SMILES string of the molecule is CCCNC(c1ccc(Cl)cc1F)C1CC1(C)C. The van der Waals surface area contributed by atoms with Gasteiger partial charge in [-0.05, 0) is 42.9 Å². The number of benzene rings is 1. The summed E-state index contributed by atoms with van der Waals surface area (Å²) in [4.78, 5) is 0. The van der Waals surface area contributed by atoms with Gasteiger partial charge in [-0.3, -0.25) is 0 Å². The van der Waals surface area contributed by atoms with E-state index in [-0.39, 0.29) is 11.9 Å². The molecule has 1 fully saturated rings. The summed E-state index contributed by atoms with van der Waals surface area (Å²) in [7, 11) is 0. The molecule has 1 aliphatic carbocycles. The van der Waals surface area contributed by atoms with Gasteiger partial charge in [0.05, 0.1) is 0 Å². The summed E-state index contributed by atoms with van der Waals surface area (Å²) in [6, 6.07) is 5.11. The highest BCUT2D eigenvalue weighted by Gasteiger charge is 2.50. The fourth-order valence-electron chi connectivity index (χ4n) is 2.60. The Labute approximate surface area is 114 Å². The van der Waals surface area contributed by atoms with Gasteiger partial charge >= 0.3 is 0 Å². The molecule has 1 aromatic carbocycles. The van der Waals surface area contributed by atoms with E-state index in [1.165, 1.54) is 6.07 Å². The smallest absolute Gasteiger partial charge is 0.129 e. The van der Waals surface area contributed by atoms with Crippen LogP contribution >= 0.6 is 11.6 Å².